The number of halogens is 2. The van der Waals surface area contributed by atoms with E-state index in [9.17, 15) is 4.79 Å². The highest BCUT2D eigenvalue weighted by Gasteiger charge is 2.34. The van der Waals surface area contributed by atoms with Crippen LogP contribution >= 0.6 is 34.5 Å². The van der Waals surface area contributed by atoms with Gasteiger partial charge in [0.15, 0.2) is 5.13 Å². The third kappa shape index (κ3) is 5.32. The molecule has 2 aliphatic rings. The average molecular weight is 546 g/mol. The Balaban J connectivity index is 1.20. The number of carbonyl (C=O) groups is 1. The van der Waals surface area contributed by atoms with Crippen LogP contribution in [0.5, 0.6) is 0 Å². The minimum Gasteiger partial charge on any atom is -0.375 e. The first kappa shape index (κ1) is 25.3. The number of anilines is 2. The van der Waals surface area contributed by atoms with Gasteiger partial charge in [-0.25, -0.2) is 9.97 Å². The van der Waals surface area contributed by atoms with Gasteiger partial charge in [-0.1, -0.05) is 41.5 Å². The molecule has 0 radical (unpaired) electrons. The van der Waals surface area contributed by atoms with Crippen LogP contribution in [-0.2, 0) is 0 Å². The minimum atomic E-state index is 0.0900. The zero-order valence-corrected chi connectivity index (χ0v) is 22.6. The van der Waals surface area contributed by atoms with Crippen LogP contribution < -0.4 is 10.6 Å². The van der Waals surface area contributed by atoms with Crippen LogP contribution in [0.1, 0.15) is 36.5 Å². The lowest BCUT2D eigenvalue weighted by Gasteiger charge is -2.47. The number of hydrogen-bond acceptors (Lipinski definition) is 7. The van der Waals surface area contributed by atoms with Crippen LogP contribution in [-0.4, -0.2) is 70.5 Å². The lowest BCUT2D eigenvalue weighted by molar-refractivity contribution is 0.0491. The average Bonchev–Trinajstić information content (AvgIpc) is 3.34. The second-order valence-corrected chi connectivity index (χ2v) is 11.3. The van der Waals surface area contributed by atoms with Gasteiger partial charge in [-0.05, 0) is 49.6 Å². The summed E-state index contributed by atoms with van der Waals surface area (Å²) in [5.41, 5.74) is 7.41. The molecule has 2 fully saturated rings. The molecule has 0 spiro atoms. The van der Waals surface area contributed by atoms with Crippen molar-refractivity contribution in [2.24, 2.45) is 0 Å². The minimum absolute atomic E-state index is 0.0900. The van der Waals surface area contributed by atoms with Gasteiger partial charge < -0.3 is 15.5 Å². The maximum Gasteiger partial charge on any atom is 0.253 e. The Morgan fingerprint density at radius 3 is 2.47 bits per heavy atom. The number of hydrogen-bond donors (Lipinski definition) is 1. The summed E-state index contributed by atoms with van der Waals surface area (Å²) in [5.74, 6) is 0.923. The lowest BCUT2D eigenvalue weighted by Crippen LogP contribution is -2.58. The summed E-state index contributed by atoms with van der Waals surface area (Å²) in [6.45, 7) is 6.52. The first-order valence-electron chi connectivity index (χ1n) is 12.4. The fourth-order valence-corrected chi connectivity index (χ4v) is 6.38. The molecule has 1 amide bonds. The van der Waals surface area contributed by atoms with E-state index in [1.54, 1.807) is 18.3 Å². The molecule has 3 aromatic rings. The molecule has 0 saturated carbocycles. The molecule has 1 atom stereocenters. The third-order valence-corrected chi connectivity index (χ3v) is 8.65. The molecular formula is C26H30Cl2N6OS. The summed E-state index contributed by atoms with van der Waals surface area (Å²) in [5, 5.41) is 1.83. The second kappa shape index (κ2) is 10.9. The quantitative estimate of drug-likeness (QED) is 0.469. The van der Waals surface area contributed by atoms with Crippen molar-refractivity contribution in [3.05, 3.63) is 58.3 Å². The summed E-state index contributed by atoms with van der Waals surface area (Å²) in [4.78, 5) is 29.6. The van der Waals surface area contributed by atoms with Gasteiger partial charge in [0.05, 0.1) is 9.90 Å². The van der Waals surface area contributed by atoms with Crippen LogP contribution in [0.3, 0.4) is 0 Å². The monoisotopic (exact) mass is 544 g/mol. The second-order valence-electron chi connectivity index (χ2n) is 9.37. The van der Waals surface area contributed by atoms with Gasteiger partial charge in [-0.2, -0.15) is 0 Å². The number of rotatable bonds is 5. The van der Waals surface area contributed by atoms with E-state index in [4.69, 9.17) is 33.9 Å². The van der Waals surface area contributed by atoms with Crippen LogP contribution in [0.15, 0.2) is 42.7 Å². The Morgan fingerprint density at radius 2 is 1.83 bits per heavy atom. The molecule has 0 unspecified atom stereocenters. The van der Waals surface area contributed by atoms with Crippen molar-refractivity contribution >= 4 is 51.4 Å². The number of pyridine rings is 1. The molecule has 2 aromatic heterocycles. The Labute approximate surface area is 225 Å². The SMILES string of the molecule is CC[C@H]1CN(c2ncc(-c3cnc(N)s3)cc2Cl)CCN1C1CCN(C(=O)c2ccc(Cl)cc2)CC1. The van der Waals surface area contributed by atoms with Crippen molar-refractivity contribution in [1.82, 2.24) is 19.8 Å². The van der Waals surface area contributed by atoms with Gasteiger partial charge >= 0.3 is 0 Å². The molecule has 190 valence electrons. The first-order valence-corrected chi connectivity index (χ1v) is 13.9. The van der Waals surface area contributed by atoms with E-state index in [1.165, 1.54) is 11.3 Å². The number of nitrogens with two attached hydrogens (primary N) is 1. The van der Waals surface area contributed by atoms with Gasteiger partial charge in [-0.15, -0.1) is 0 Å². The fraction of sp³-hybridized carbons (Fsp3) is 0.423. The Hall–Kier alpha value is -2.39. The molecule has 10 heteroatoms. The molecule has 4 heterocycles. The van der Waals surface area contributed by atoms with E-state index in [2.05, 4.69) is 21.7 Å². The van der Waals surface area contributed by atoms with E-state index in [0.717, 1.165) is 68.2 Å². The number of piperidine rings is 1. The number of piperazine rings is 1. The molecule has 7 nitrogen and oxygen atoms in total. The zero-order valence-electron chi connectivity index (χ0n) is 20.2. The highest BCUT2D eigenvalue weighted by Crippen LogP contribution is 2.34. The highest BCUT2D eigenvalue weighted by molar-refractivity contribution is 7.18. The number of benzene rings is 1. The highest BCUT2D eigenvalue weighted by atomic mass is 35.5. The molecular weight excluding hydrogens is 515 g/mol. The van der Waals surface area contributed by atoms with Crippen LogP contribution in [0.4, 0.5) is 10.9 Å². The van der Waals surface area contributed by atoms with Gasteiger partial charge in [0.25, 0.3) is 5.91 Å². The molecule has 0 bridgehead atoms. The molecule has 2 aliphatic heterocycles. The summed E-state index contributed by atoms with van der Waals surface area (Å²) in [7, 11) is 0. The topological polar surface area (TPSA) is 78.6 Å². The number of aromatic nitrogens is 2. The predicted molar refractivity (Wildman–Crippen MR) is 148 cm³/mol. The maximum absolute atomic E-state index is 12.9. The van der Waals surface area contributed by atoms with Crippen LogP contribution in [0, 0.1) is 0 Å². The van der Waals surface area contributed by atoms with E-state index in [1.807, 2.05) is 29.3 Å². The molecule has 2 N–H and O–H groups in total. The van der Waals surface area contributed by atoms with Crippen molar-refractivity contribution < 1.29 is 4.79 Å². The first-order chi connectivity index (χ1) is 17.4. The maximum atomic E-state index is 12.9. The number of likely N-dealkylation sites (tertiary alicyclic amines) is 1. The van der Waals surface area contributed by atoms with Crippen molar-refractivity contribution in [1.29, 1.82) is 0 Å². The van der Waals surface area contributed by atoms with Gasteiger partial charge in [0, 0.05) is 73.4 Å². The Morgan fingerprint density at radius 1 is 1.08 bits per heavy atom. The fourth-order valence-electron chi connectivity index (χ4n) is 5.30. The van der Waals surface area contributed by atoms with Crippen molar-refractivity contribution in [2.75, 3.05) is 43.4 Å². The summed E-state index contributed by atoms with van der Waals surface area (Å²) in [6.07, 6.45) is 6.64. The van der Waals surface area contributed by atoms with Crippen LogP contribution in [0.2, 0.25) is 10.0 Å². The number of carbonyl (C=O) groups excluding carboxylic acids is 1. The lowest BCUT2D eigenvalue weighted by atomic mass is 9.97. The van der Waals surface area contributed by atoms with Crippen molar-refractivity contribution in [3.8, 4) is 10.4 Å². The molecule has 1 aromatic carbocycles. The van der Waals surface area contributed by atoms with Crippen molar-refractivity contribution in [2.45, 2.75) is 38.3 Å². The Bertz CT molecular complexity index is 1210. The van der Waals surface area contributed by atoms with Gasteiger partial charge in [-0.3, -0.25) is 9.69 Å². The standard InChI is InChI=1S/C26H30Cl2N6OS/c1-2-20-16-33(24-22(28)13-18(14-30-24)23-15-31-26(29)36-23)11-12-34(20)21-7-9-32(10-8-21)25(35)17-3-5-19(27)6-4-17/h3-6,13-15,20-21H,2,7-12,16H2,1H3,(H2,29,31)/t20-/m0/s1. The molecule has 0 aliphatic carbocycles. The third-order valence-electron chi connectivity index (χ3n) is 7.24. The normalized spacial score (nSPS) is 19.6. The number of nitrogens with zero attached hydrogens (tertiary/aromatic N) is 5. The molecule has 36 heavy (non-hydrogen) atoms. The van der Waals surface area contributed by atoms with Gasteiger partial charge in [0.2, 0.25) is 0 Å². The Kier molecular flexibility index (Phi) is 7.67. The number of amides is 1. The summed E-state index contributed by atoms with van der Waals surface area (Å²) < 4.78 is 0. The summed E-state index contributed by atoms with van der Waals surface area (Å²) >= 11 is 14.1. The van der Waals surface area contributed by atoms with E-state index in [-0.39, 0.29) is 5.91 Å². The molecule has 5 rings (SSSR count). The molecule has 2 saturated heterocycles. The van der Waals surface area contributed by atoms with Crippen molar-refractivity contribution in [3.63, 3.8) is 0 Å². The number of nitrogen functional groups attached to an aromatic ring is 1. The number of thiazole rings is 1. The van der Waals surface area contributed by atoms with E-state index in [0.29, 0.717) is 32.8 Å². The van der Waals surface area contributed by atoms with Crippen LogP contribution in [0.25, 0.3) is 10.4 Å². The van der Waals surface area contributed by atoms with E-state index >= 15 is 0 Å². The smallest absolute Gasteiger partial charge is 0.253 e. The summed E-state index contributed by atoms with van der Waals surface area (Å²) in [6, 6.07) is 10.0. The van der Waals surface area contributed by atoms with E-state index < -0.39 is 0 Å². The largest absolute Gasteiger partial charge is 0.375 e. The zero-order chi connectivity index (χ0) is 25.2. The van der Waals surface area contributed by atoms with Gasteiger partial charge in [0.1, 0.15) is 5.82 Å². The predicted octanol–water partition coefficient (Wildman–Crippen LogP) is 5.30.